The quantitative estimate of drug-likeness (QED) is 0.590. The number of benzene rings is 1. The zero-order valence-electron chi connectivity index (χ0n) is 10.4. The maximum atomic E-state index is 6.07. The molecule has 2 aromatic rings. The van der Waals surface area contributed by atoms with Crippen LogP contribution in [0.15, 0.2) is 41.5 Å². The van der Waals surface area contributed by atoms with E-state index in [1.54, 1.807) is 12.3 Å². The molecule has 2 rings (SSSR count). The van der Waals surface area contributed by atoms with E-state index in [4.69, 9.17) is 23.2 Å². The Bertz CT molecular complexity index is 585. The average molecular weight is 367 g/mol. The largest absolute Gasteiger partial charge is 0.353 e. The molecule has 19 heavy (non-hydrogen) atoms. The van der Waals surface area contributed by atoms with Gasteiger partial charge in [-0.3, -0.25) is 4.98 Å². The van der Waals surface area contributed by atoms with Gasteiger partial charge in [0.05, 0.1) is 17.3 Å². The molecule has 0 N–H and O–H groups in total. The van der Waals surface area contributed by atoms with Gasteiger partial charge in [0.1, 0.15) is 0 Å². The summed E-state index contributed by atoms with van der Waals surface area (Å²) in [5.41, 5.74) is 2.53. The van der Waals surface area contributed by atoms with Crippen molar-refractivity contribution in [3.8, 4) is 0 Å². The molecule has 0 spiro atoms. The van der Waals surface area contributed by atoms with Crippen LogP contribution in [-0.4, -0.2) is 11.2 Å². The van der Waals surface area contributed by atoms with Gasteiger partial charge in [-0.15, -0.1) is 12.1 Å². The normalized spacial score (nSPS) is 10.5. The van der Waals surface area contributed by atoms with Gasteiger partial charge in [-0.05, 0) is 18.6 Å². The molecule has 0 unspecified atom stereocenters. The Kier molecular flexibility index (Phi) is 7.16. The fourth-order valence-electron chi connectivity index (χ4n) is 1.43. The molecule has 1 aromatic carbocycles. The first-order chi connectivity index (χ1) is 8.66. The maximum Gasteiger partial charge on any atom is 0.0790 e. The number of hydrogen-bond donors (Lipinski definition) is 0. The molecule has 0 saturated heterocycles. The summed E-state index contributed by atoms with van der Waals surface area (Å²) in [5.74, 6) is 0. The number of aromatic nitrogens is 1. The summed E-state index contributed by atoms with van der Waals surface area (Å²) in [5, 5.41) is 1.25. The first kappa shape index (κ1) is 16.8. The van der Waals surface area contributed by atoms with E-state index in [1.807, 2.05) is 31.2 Å². The van der Waals surface area contributed by atoms with E-state index in [1.165, 1.54) is 0 Å². The van der Waals surface area contributed by atoms with E-state index >= 15 is 0 Å². The molecule has 1 heterocycles. The number of halogens is 2. The van der Waals surface area contributed by atoms with Crippen molar-refractivity contribution in [2.75, 3.05) is 0 Å². The Morgan fingerprint density at radius 3 is 2.63 bits per heavy atom. The minimum atomic E-state index is 0. The second-order valence-electron chi connectivity index (χ2n) is 3.85. The minimum Gasteiger partial charge on any atom is -0.353 e. The first-order valence-electron chi connectivity index (χ1n) is 5.45. The van der Waals surface area contributed by atoms with Gasteiger partial charge >= 0.3 is 0 Å². The third-order valence-electron chi connectivity index (χ3n) is 2.36. The molecule has 0 saturated carbocycles. The van der Waals surface area contributed by atoms with Crippen LogP contribution in [0.3, 0.4) is 0 Å². The number of rotatable bonds is 3. The standard InChI is InChI=1S/C14H11Cl2N2.Y/c1-10-6-13(16)14(18-7-10)9-17-8-11-4-2-3-5-12(11)15;/h2-7H,9H2,1H3;/q-1;. The third kappa shape index (κ3) is 4.96. The number of nitrogens with zero attached hydrogens (tertiary/aromatic N) is 2. The van der Waals surface area contributed by atoms with Crippen LogP contribution < -0.4 is 0 Å². The molecule has 0 bridgehead atoms. The summed E-state index contributed by atoms with van der Waals surface area (Å²) < 4.78 is 0. The van der Waals surface area contributed by atoms with E-state index in [-0.39, 0.29) is 32.7 Å². The Labute approximate surface area is 148 Å². The van der Waals surface area contributed by atoms with Gasteiger partial charge in [-0.25, -0.2) is 0 Å². The van der Waals surface area contributed by atoms with Crippen molar-refractivity contribution in [3.05, 3.63) is 63.4 Å². The monoisotopic (exact) mass is 366 g/mol. The van der Waals surface area contributed by atoms with E-state index in [0.717, 1.165) is 16.8 Å². The molecule has 5 heteroatoms. The van der Waals surface area contributed by atoms with E-state index in [0.29, 0.717) is 16.6 Å². The van der Waals surface area contributed by atoms with Crippen LogP contribution in [-0.2, 0) is 39.3 Å². The molecule has 0 amide bonds. The molecule has 0 fully saturated rings. The first-order valence-corrected chi connectivity index (χ1v) is 6.20. The van der Waals surface area contributed by atoms with Crippen LogP contribution in [0.5, 0.6) is 0 Å². The van der Waals surface area contributed by atoms with Crippen molar-refractivity contribution < 1.29 is 32.7 Å². The van der Waals surface area contributed by atoms with Gasteiger partial charge in [-0.2, -0.15) is 23.2 Å². The summed E-state index contributed by atoms with van der Waals surface area (Å²) in [6.07, 6.45) is 4.67. The van der Waals surface area contributed by atoms with Crippen molar-refractivity contribution in [2.45, 2.75) is 13.5 Å². The maximum absolute atomic E-state index is 6.07. The number of pyridine rings is 1. The van der Waals surface area contributed by atoms with Crippen LogP contribution in [0.1, 0.15) is 16.8 Å². The van der Waals surface area contributed by atoms with Gasteiger partial charge in [0, 0.05) is 38.9 Å². The fourth-order valence-corrected chi connectivity index (χ4v) is 1.89. The Hall–Kier alpha value is -0.276. The molecule has 0 aliphatic rings. The SMILES string of the molecule is Cc1cnc(CN=[C-]c2ccccc2Cl)c(Cl)c1.[Y]. The van der Waals surface area contributed by atoms with E-state index in [2.05, 4.69) is 16.2 Å². The smallest absolute Gasteiger partial charge is 0.0790 e. The molecule has 2 nitrogen and oxygen atoms in total. The van der Waals surface area contributed by atoms with Crippen LogP contribution in [0, 0.1) is 6.92 Å². The molecule has 95 valence electrons. The zero-order valence-corrected chi connectivity index (χ0v) is 14.7. The summed E-state index contributed by atoms with van der Waals surface area (Å²) in [6.45, 7) is 2.34. The second-order valence-corrected chi connectivity index (χ2v) is 4.66. The van der Waals surface area contributed by atoms with Crippen molar-refractivity contribution in [1.82, 2.24) is 4.98 Å². The van der Waals surface area contributed by atoms with Gasteiger partial charge < -0.3 is 4.99 Å². The molecule has 0 aliphatic heterocycles. The summed E-state index contributed by atoms with van der Waals surface area (Å²) in [7, 11) is 0. The van der Waals surface area contributed by atoms with Crippen LogP contribution in [0.25, 0.3) is 0 Å². The summed E-state index contributed by atoms with van der Waals surface area (Å²) >= 11 is 12.1. The molecule has 0 atom stereocenters. The van der Waals surface area contributed by atoms with Crippen molar-refractivity contribution >= 4 is 29.4 Å². The molecule has 0 aliphatic carbocycles. The molecular weight excluding hydrogens is 356 g/mol. The predicted molar refractivity (Wildman–Crippen MR) is 75.7 cm³/mol. The van der Waals surface area contributed by atoms with Crippen LogP contribution in [0.4, 0.5) is 0 Å². The Morgan fingerprint density at radius 1 is 1.21 bits per heavy atom. The van der Waals surface area contributed by atoms with Gasteiger partial charge in [0.25, 0.3) is 0 Å². The van der Waals surface area contributed by atoms with Crippen LogP contribution in [0.2, 0.25) is 10.0 Å². The topological polar surface area (TPSA) is 25.2 Å². The van der Waals surface area contributed by atoms with Gasteiger partial charge in [0.2, 0.25) is 0 Å². The molecule has 1 radical (unpaired) electrons. The zero-order chi connectivity index (χ0) is 13.0. The molecular formula is C14H11Cl2N2Y-. The molecule has 1 aromatic heterocycles. The number of aliphatic imine (C=N–C) groups is 1. The van der Waals surface area contributed by atoms with Gasteiger partial charge in [-0.1, -0.05) is 28.9 Å². The van der Waals surface area contributed by atoms with Gasteiger partial charge in [0.15, 0.2) is 0 Å². The second kappa shape index (κ2) is 8.11. The van der Waals surface area contributed by atoms with Crippen LogP contribution >= 0.6 is 23.2 Å². The van der Waals surface area contributed by atoms with Crippen molar-refractivity contribution in [2.24, 2.45) is 4.99 Å². The average Bonchev–Trinajstić information content (AvgIpc) is 2.34. The Morgan fingerprint density at radius 2 is 1.95 bits per heavy atom. The number of aryl methyl sites for hydroxylation is 1. The Balaban J connectivity index is 0.00000180. The summed E-state index contributed by atoms with van der Waals surface area (Å²) in [4.78, 5) is 8.41. The predicted octanol–water partition coefficient (Wildman–Crippen LogP) is 4.19. The summed E-state index contributed by atoms with van der Waals surface area (Å²) in [6, 6.07) is 9.29. The van der Waals surface area contributed by atoms with E-state index in [9.17, 15) is 0 Å². The fraction of sp³-hybridized carbons (Fsp3) is 0.143. The minimum absolute atomic E-state index is 0. The third-order valence-corrected chi connectivity index (χ3v) is 3.01. The van der Waals surface area contributed by atoms with E-state index < -0.39 is 0 Å². The number of hydrogen-bond acceptors (Lipinski definition) is 2. The van der Waals surface area contributed by atoms with Crippen molar-refractivity contribution in [3.63, 3.8) is 0 Å². The van der Waals surface area contributed by atoms with Crippen molar-refractivity contribution in [1.29, 1.82) is 0 Å².